The van der Waals surface area contributed by atoms with Crippen LogP contribution in [0.2, 0.25) is 10.0 Å². The molecule has 0 bridgehead atoms. The highest BCUT2D eigenvalue weighted by molar-refractivity contribution is 6.42. The van der Waals surface area contributed by atoms with Crippen LogP contribution in [0.4, 0.5) is 5.69 Å². The summed E-state index contributed by atoms with van der Waals surface area (Å²) in [6, 6.07) is 12.4. The van der Waals surface area contributed by atoms with E-state index in [-0.39, 0.29) is 12.7 Å². The van der Waals surface area contributed by atoms with Crippen LogP contribution in [0.1, 0.15) is 19.4 Å². The van der Waals surface area contributed by atoms with Crippen LogP contribution < -0.4 is 4.74 Å². The highest BCUT2D eigenvalue weighted by atomic mass is 35.5. The average Bonchev–Trinajstić information content (AvgIpc) is 2.54. The van der Waals surface area contributed by atoms with E-state index in [4.69, 9.17) is 32.7 Å². The molecule has 126 valence electrons. The second-order valence-electron chi connectivity index (χ2n) is 5.25. The van der Waals surface area contributed by atoms with Gasteiger partial charge in [0.2, 0.25) is 0 Å². The van der Waals surface area contributed by atoms with Gasteiger partial charge in [0.1, 0.15) is 5.75 Å². The van der Waals surface area contributed by atoms with Crippen molar-refractivity contribution in [2.75, 3.05) is 6.61 Å². The molecule has 4 nitrogen and oxygen atoms in total. The molecule has 0 saturated carbocycles. The molecular formula is C18H17Cl2NO3. The van der Waals surface area contributed by atoms with E-state index in [2.05, 4.69) is 4.99 Å². The molecule has 0 spiro atoms. The molecule has 0 unspecified atom stereocenters. The van der Waals surface area contributed by atoms with E-state index in [1.54, 1.807) is 50.4 Å². The number of halogens is 2. The number of rotatable bonds is 6. The molecule has 0 amide bonds. The second-order valence-corrected chi connectivity index (χ2v) is 6.07. The molecule has 0 saturated heterocycles. The average molecular weight is 366 g/mol. The first-order chi connectivity index (χ1) is 11.4. The van der Waals surface area contributed by atoms with Gasteiger partial charge in [0, 0.05) is 6.21 Å². The summed E-state index contributed by atoms with van der Waals surface area (Å²) in [5.41, 5.74) is 1.60. The van der Waals surface area contributed by atoms with Gasteiger partial charge in [0.25, 0.3) is 0 Å². The van der Waals surface area contributed by atoms with E-state index in [0.717, 1.165) is 5.56 Å². The zero-order valence-electron chi connectivity index (χ0n) is 13.3. The lowest BCUT2D eigenvalue weighted by Gasteiger charge is -2.09. The van der Waals surface area contributed by atoms with E-state index in [1.807, 2.05) is 12.1 Å². The fourth-order valence-electron chi connectivity index (χ4n) is 1.80. The van der Waals surface area contributed by atoms with E-state index in [1.165, 1.54) is 0 Å². The van der Waals surface area contributed by atoms with Crippen molar-refractivity contribution in [3.8, 4) is 5.75 Å². The Kier molecular flexibility index (Phi) is 6.64. The van der Waals surface area contributed by atoms with Crippen molar-refractivity contribution in [3.05, 3.63) is 58.1 Å². The Labute approximate surface area is 151 Å². The zero-order chi connectivity index (χ0) is 17.5. The highest BCUT2D eigenvalue weighted by Crippen LogP contribution is 2.26. The molecular weight excluding hydrogens is 349 g/mol. The van der Waals surface area contributed by atoms with Crippen LogP contribution in [-0.2, 0) is 9.53 Å². The van der Waals surface area contributed by atoms with Gasteiger partial charge in [-0.05, 0) is 61.9 Å². The van der Waals surface area contributed by atoms with Crippen molar-refractivity contribution in [2.24, 2.45) is 4.99 Å². The van der Waals surface area contributed by atoms with Crippen molar-refractivity contribution in [3.63, 3.8) is 0 Å². The molecule has 0 N–H and O–H groups in total. The molecule has 2 aromatic carbocycles. The van der Waals surface area contributed by atoms with Crippen LogP contribution in [0.3, 0.4) is 0 Å². The van der Waals surface area contributed by atoms with Gasteiger partial charge in [-0.2, -0.15) is 0 Å². The number of carbonyl (C=O) groups excluding carboxylic acids is 1. The number of nitrogens with zero attached hydrogens (tertiary/aromatic N) is 1. The molecule has 0 radical (unpaired) electrons. The van der Waals surface area contributed by atoms with Crippen LogP contribution in [0.15, 0.2) is 47.5 Å². The molecule has 0 aromatic heterocycles. The maximum Gasteiger partial charge on any atom is 0.344 e. The topological polar surface area (TPSA) is 47.9 Å². The molecule has 0 fully saturated rings. The molecule has 0 aliphatic heterocycles. The minimum absolute atomic E-state index is 0.116. The van der Waals surface area contributed by atoms with Gasteiger partial charge in [0.15, 0.2) is 6.61 Å². The van der Waals surface area contributed by atoms with Gasteiger partial charge in [-0.1, -0.05) is 23.2 Å². The van der Waals surface area contributed by atoms with Gasteiger partial charge in [-0.3, -0.25) is 4.99 Å². The summed E-state index contributed by atoms with van der Waals surface area (Å²) >= 11 is 11.8. The van der Waals surface area contributed by atoms with Crippen molar-refractivity contribution >= 4 is 41.1 Å². The number of esters is 1. The minimum atomic E-state index is -0.393. The Morgan fingerprint density at radius 2 is 1.83 bits per heavy atom. The third-order valence-corrected chi connectivity index (χ3v) is 3.61. The van der Waals surface area contributed by atoms with Crippen molar-refractivity contribution in [2.45, 2.75) is 20.0 Å². The van der Waals surface area contributed by atoms with Gasteiger partial charge in [-0.25, -0.2) is 4.79 Å². The molecule has 6 heteroatoms. The standard InChI is InChI=1S/C18H17Cl2NO3/c1-12(2)24-18(22)11-23-15-6-3-13(4-7-15)10-21-14-5-8-16(19)17(20)9-14/h3-10,12H,11H2,1-2H3. The number of benzene rings is 2. The summed E-state index contributed by atoms with van der Waals surface area (Å²) in [5, 5.41) is 0.955. The van der Waals surface area contributed by atoms with Gasteiger partial charge < -0.3 is 9.47 Å². The van der Waals surface area contributed by atoms with Gasteiger partial charge in [-0.15, -0.1) is 0 Å². The summed E-state index contributed by atoms with van der Waals surface area (Å²) in [4.78, 5) is 15.7. The Hall–Kier alpha value is -2.04. The molecule has 2 rings (SSSR count). The van der Waals surface area contributed by atoms with E-state index in [9.17, 15) is 4.79 Å². The van der Waals surface area contributed by atoms with Crippen molar-refractivity contribution < 1.29 is 14.3 Å². The maximum atomic E-state index is 11.4. The normalized spacial score (nSPS) is 11.0. The third-order valence-electron chi connectivity index (χ3n) is 2.87. The molecule has 0 aliphatic carbocycles. The Balaban J connectivity index is 1.93. The third kappa shape index (κ3) is 5.87. The lowest BCUT2D eigenvalue weighted by Crippen LogP contribution is -2.18. The molecule has 0 heterocycles. The van der Waals surface area contributed by atoms with Crippen LogP contribution >= 0.6 is 23.2 Å². The largest absolute Gasteiger partial charge is 0.482 e. The predicted molar refractivity (Wildman–Crippen MR) is 96.9 cm³/mol. The lowest BCUT2D eigenvalue weighted by molar-refractivity contribution is -0.149. The number of hydrogen-bond donors (Lipinski definition) is 0. The van der Waals surface area contributed by atoms with Crippen LogP contribution in [0.25, 0.3) is 0 Å². The van der Waals surface area contributed by atoms with Gasteiger partial charge in [0.05, 0.1) is 21.8 Å². The fraction of sp³-hybridized carbons (Fsp3) is 0.222. The highest BCUT2D eigenvalue weighted by Gasteiger charge is 2.06. The predicted octanol–water partition coefficient (Wildman–Crippen LogP) is 5.07. The molecule has 2 aromatic rings. The quantitative estimate of drug-likeness (QED) is 0.529. The van der Waals surface area contributed by atoms with Crippen LogP contribution in [0, 0.1) is 0 Å². The summed E-state index contributed by atoms with van der Waals surface area (Å²) in [7, 11) is 0. The fourth-order valence-corrected chi connectivity index (χ4v) is 2.10. The maximum absolute atomic E-state index is 11.4. The Morgan fingerprint density at radius 3 is 2.46 bits per heavy atom. The summed E-state index contributed by atoms with van der Waals surface area (Å²) < 4.78 is 10.4. The van der Waals surface area contributed by atoms with Crippen LogP contribution in [0.5, 0.6) is 5.75 Å². The van der Waals surface area contributed by atoms with Crippen LogP contribution in [-0.4, -0.2) is 24.9 Å². The summed E-state index contributed by atoms with van der Waals surface area (Å²) in [6.45, 7) is 3.47. The van der Waals surface area contributed by atoms with Gasteiger partial charge >= 0.3 is 5.97 Å². The molecule has 24 heavy (non-hydrogen) atoms. The number of ether oxygens (including phenoxy) is 2. The zero-order valence-corrected chi connectivity index (χ0v) is 14.8. The monoisotopic (exact) mass is 365 g/mol. The Bertz CT molecular complexity index is 728. The number of hydrogen-bond acceptors (Lipinski definition) is 4. The molecule has 0 aliphatic rings. The molecule has 0 atom stereocenters. The van der Waals surface area contributed by atoms with Crippen molar-refractivity contribution in [1.82, 2.24) is 0 Å². The number of aliphatic imine (C=N–C) groups is 1. The Morgan fingerprint density at radius 1 is 1.12 bits per heavy atom. The smallest absolute Gasteiger partial charge is 0.344 e. The minimum Gasteiger partial charge on any atom is -0.482 e. The summed E-state index contributed by atoms with van der Waals surface area (Å²) in [6.07, 6.45) is 1.55. The first-order valence-electron chi connectivity index (χ1n) is 7.35. The first kappa shape index (κ1) is 18.3. The van der Waals surface area contributed by atoms with E-state index < -0.39 is 5.97 Å². The van der Waals surface area contributed by atoms with Crippen molar-refractivity contribution in [1.29, 1.82) is 0 Å². The second kappa shape index (κ2) is 8.71. The van der Waals surface area contributed by atoms with E-state index >= 15 is 0 Å². The number of carbonyl (C=O) groups is 1. The SMILES string of the molecule is CC(C)OC(=O)COc1ccc(C=Nc2ccc(Cl)c(Cl)c2)cc1. The lowest BCUT2D eigenvalue weighted by atomic mass is 10.2. The van der Waals surface area contributed by atoms with E-state index in [0.29, 0.717) is 21.5 Å². The summed E-state index contributed by atoms with van der Waals surface area (Å²) in [5.74, 6) is 0.192. The first-order valence-corrected chi connectivity index (χ1v) is 8.11.